The summed E-state index contributed by atoms with van der Waals surface area (Å²) in [6.07, 6.45) is 0.606. The number of aromatic nitrogens is 2. The molecule has 0 aliphatic heterocycles. The van der Waals surface area contributed by atoms with Gasteiger partial charge in [0.05, 0.1) is 11.1 Å². The van der Waals surface area contributed by atoms with Crippen LogP contribution in [0.3, 0.4) is 0 Å². The number of hydrogen-bond acceptors (Lipinski definition) is 2. The molecule has 1 aromatic heterocycles. The van der Waals surface area contributed by atoms with Crippen LogP contribution < -0.4 is 0 Å². The van der Waals surface area contributed by atoms with E-state index < -0.39 is 5.97 Å². The average molecular weight is 377 g/mol. The second-order valence-corrected chi connectivity index (χ2v) is 6.96. The Labute approximate surface area is 161 Å². The quantitative estimate of drug-likeness (QED) is 0.495. The topological polar surface area (TPSA) is 66.0 Å². The average Bonchev–Trinajstić information content (AvgIpc) is 3.03. The number of fused-ring (bicyclic) bond motifs is 1. The van der Waals surface area contributed by atoms with Crippen molar-refractivity contribution in [3.05, 3.63) is 88.2 Å². The standard InChI is InChI=1S/C22H17ClN2O2/c1-13-7-8-16(18(23)9-13)15-11-17(22(26)27)21-19(12-15)24-20(25-21)10-14-5-3-2-4-6-14/h2-9,11-12H,10H2,1H3,(H,24,25)(H,26,27). The van der Waals surface area contributed by atoms with Crippen LogP contribution in [0.4, 0.5) is 0 Å². The number of carboxylic acid groups (broad SMARTS) is 1. The molecule has 0 saturated heterocycles. The third-order valence-electron chi connectivity index (χ3n) is 4.52. The van der Waals surface area contributed by atoms with Gasteiger partial charge >= 0.3 is 5.97 Å². The van der Waals surface area contributed by atoms with Gasteiger partial charge in [0.25, 0.3) is 0 Å². The maximum Gasteiger partial charge on any atom is 0.337 e. The molecule has 0 aliphatic carbocycles. The van der Waals surface area contributed by atoms with E-state index in [1.165, 1.54) is 0 Å². The van der Waals surface area contributed by atoms with Crippen LogP contribution in [0.2, 0.25) is 5.02 Å². The minimum Gasteiger partial charge on any atom is -0.478 e. The van der Waals surface area contributed by atoms with Crippen LogP contribution in [0.25, 0.3) is 22.2 Å². The molecule has 0 bridgehead atoms. The number of hydrogen-bond donors (Lipinski definition) is 2. The first-order chi connectivity index (χ1) is 13.0. The number of nitrogens with one attached hydrogen (secondary N) is 1. The first-order valence-corrected chi connectivity index (χ1v) is 8.95. The molecule has 0 spiro atoms. The van der Waals surface area contributed by atoms with Gasteiger partial charge < -0.3 is 10.1 Å². The molecule has 3 aromatic carbocycles. The Hall–Kier alpha value is -3.11. The zero-order valence-corrected chi connectivity index (χ0v) is 15.4. The zero-order valence-electron chi connectivity index (χ0n) is 14.7. The van der Waals surface area contributed by atoms with Crippen molar-refractivity contribution in [3.63, 3.8) is 0 Å². The smallest absolute Gasteiger partial charge is 0.337 e. The molecule has 0 aliphatic rings. The van der Waals surface area contributed by atoms with Gasteiger partial charge in [-0.15, -0.1) is 0 Å². The molecule has 27 heavy (non-hydrogen) atoms. The van der Waals surface area contributed by atoms with E-state index in [-0.39, 0.29) is 5.56 Å². The summed E-state index contributed by atoms with van der Waals surface area (Å²) in [6.45, 7) is 1.96. The first kappa shape index (κ1) is 17.3. The Bertz CT molecular complexity index is 1150. The summed E-state index contributed by atoms with van der Waals surface area (Å²) in [7, 11) is 0. The zero-order chi connectivity index (χ0) is 19.0. The molecule has 1 heterocycles. The summed E-state index contributed by atoms with van der Waals surface area (Å²) in [4.78, 5) is 19.6. The van der Waals surface area contributed by atoms with Crippen molar-refractivity contribution in [3.8, 4) is 11.1 Å². The molecular formula is C22H17ClN2O2. The fourth-order valence-electron chi connectivity index (χ4n) is 3.21. The van der Waals surface area contributed by atoms with E-state index in [0.29, 0.717) is 22.5 Å². The van der Waals surface area contributed by atoms with E-state index in [1.807, 2.05) is 61.5 Å². The van der Waals surface area contributed by atoms with Crippen LogP contribution in [0.15, 0.2) is 60.7 Å². The van der Waals surface area contributed by atoms with Crippen LogP contribution in [0, 0.1) is 6.92 Å². The minimum atomic E-state index is -1.01. The van der Waals surface area contributed by atoms with Gasteiger partial charge in [-0.2, -0.15) is 0 Å². The van der Waals surface area contributed by atoms with E-state index in [9.17, 15) is 9.90 Å². The molecule has 0 saturated carbocycles. The molecular weight excluding hydrogens is 360 g/mol. The van der Waals surface area contributed by atoms with Gasteiger partial charge in [0.2, 0.25) is 0 Å². The molecule has 0 fully saturated rings. The summed E-state index contributed by atoms with van der Waals surface area (Å²) >= 11 is 6.39. The molecule has 0 unspecified atom stereocenters. The Morgan fingerprint density at radius 2 is 1.89 bits per heavy atom. The molecule has 0 radical (unpaired) electrons. The number of H-pyrrole nitrogens is 1. The maximum absolute atomic E-state index is 11.8. The summed E-state index contributed by atoms with van der Waals surface area (Å²) < 4.78 is 0. The van der Waals surface area contributed by atoms with Crippen LogP contribution >= 0.6 is 11.6 Å². The maximum atomic E-state index is 11.8. The lowest BCUT2D eigenvalue weighted by Gasteiger charge is -2.07. The lowest BCUT2D eigenvalue weighted by molar-refractivity contribution is 0.0699. The van der Waals surface area contributed by atoms with Crippen molar-refractivity contribution in [2.24, 2.45) is 0 Å². The molecule has 134 valence electrons. The molecule has 4 rings (SSSR count). The predicted octanol–water partition coefficient (Wildman–Crippen LogP) is 5.48. The van der Waals surface area contributed by atoms with Crippen LogP contribution in [-0.2, 0) is 6.42 Å². The fourth-order valence-corrected chi connectivity index (χ4v) is 3.56. The van der Waals surface area contributed by atoms with E-state index in [1.54, 1.807) is 6.07 Å². The minimum absolute atomic E-state index is 0.162. The van der Waals surface area contributed by atoms with Crippen molar-refractivity contribution in [1.29, 1.82) is 0 Å². The first-order valence-electron chi connectivity index (χ1n) is 8.57. The second kappa shape index (κ2) is 6.89. The highest BCUT2D eigenvalue weighted by Gasteiger charge is 2.17. The monoisotopic (exact) mass is 376 g/mol. The highest BCUT2D eigenvalue weighted by atomic mass is 35.5. The number of carboxylic acids is 1. The summed E-state index contributed by atoms with van der Waals surface area (Å²) in [5, 5.41) is 10.3. The van der Waals surface area contributed by atoms with Gasteiger partial charge in [-0.1, -0.05) is 54.1 Å². The van der Waals surface area contributed by atoms with Crippen molar-refractivity contribution < 1.29 is 9.90 Å². The van der Waals surface area contributed by atoms with Crippen molar-refractivity contribution in [2.45, 2.75) is 13.3 Å². The Morgan fingerprint density at radius 3 is 2.59 bits per heavy atom. The molecule has 5 heteroatoms. The largest absolute Gasteiger partial charge is 0.478 e. The lowest BCUT2D eigenvalue weighted by Crippen LogP contribution is -1.98. The highest BCUT2D eigenvalue weighted by Crippen LogP contribution is 2.32. The summed E-state index contributed by atoms with van der Waals surface area (Å²) in [6, 6.07) is 19.2. The van der Waals surface area contributed by atoms with Gasteiger partial charge in [0, 0.05) is 17.0 Å². The van der Waals surface area contributed by atoms with E-state index in [0.717, 1.165) is 28.1 Å². The molecule has 0 atom stereocenters. The SMILES string of the molecule is Cc1ccc(-c2cc(C(=O)O)c3nc(Cc4ccccc4)[nH]c3c2)c(Cl)c1. The van der Waals surface area contributed by atoms with Crippen LogP contribution in [-0.4, -0.2) is 21.0 Å². The van der Waals surface area contributed by atoms with Crippen molar-refractivity contribution in [2.75, 3.05) is 0 Å². The number of halogens is 1. The van der Waals surface area contributed by atoms with E-state index >= 15 is 0 Å². The van der Waals surface area contributed by atoms with Gasteiger partial charge in [0.1, 0.15) is 11.3 Å². The number of aromatic carboxylic acids is 1. The molecule has 4 aromatic rings. The Morgan fingerprint density at radius 1 is 1.11 bits per heavy atom. The van der Waals surface area contributed by atoms with Gasteiger partial charge in [-0.05, 0) is 41.8 Å². The number of imidazole rings is 1. The normalized spacial score (nSPS) is 11.0. The molecule has 0 amide bonds. The van der Waals surface area contributed by atoms with Gasteiger partial charge in [-0.25, -0.2) is 9.78 Å². The lowest BCUT2D eigenvalue weighted by atomic mass is 10.0. The van der Waals surface area contributed by atoms with E-state index in [2.05, 4.69) is 9.97 Å². The number of nitrogens with zero attached hydrogens (tertiary/aromatic N) is 1. The Balaban J connectivity index is 1.84. The number of benzene rings is 3. The third-order valence-corrected chi connectivity index (χ3v) is 4.83. The molecule has 2 N–H and O–H groups in total. The summed E-state index contributed by atoms with van der Waals surface area (Å²) in [5.41, 5.74) is 5.01. The number of aromatic amines is 1. The number of rotatable bonds is 4. The van der Waals surface area contributed by atoms with E-state index in [4.69, 9.17) is 11.6 Å². The summed E-state index contributed by atoms with van der Waals surface area (Å²) in [5.74, 6) is -0.284. The van der Waals surface area contributed by atoms with Gasteiger partial charge in [0.15, 0.2) is 0 Å². The second-order valence-electron chi connectivity index (χ2n) is 6.55. The van der Waals surface area contributed by atoms with Gasteiger partial charge in [-0.3, -0.25) is 0 Å². The Kier molecular flexibility index (Phi) is 4.42. The number of carbonyl (C=O) groups is 1. The third kappa shape index (κ3) is 3.44. The molecule has 4 nitrogen and oxygen atoms in total. The van der Waals surface area contributed by atoms with Crippen LogP contribution in [0.5, 0.6) is 0 Å². The predicted molar refractivity (Wildman–Crippen MR) is 107 cm³/mol. The van der Waals surface area contributed by atoms with Crippen LogP contribution in [0.1, 0.15) is 27.3 Å². The number of aryl methyl sites for hydroxylation is 1. The highest BCUT2D eigenvalue weighted by molar-refractivity contribution is 6.33. The van der Waals surface area contributed by atoms with Crippen molar-refractivity contribution in [1.82, 2.24) is 9.97 Å². The van der Waals surface area contributed by atoms with Crippen molar-refractivity contribution >= 4 is 28.6 Å². The fraction of sp³-hybridized carbons (Fsp3) is 0.0909.